The van der Waals surface area contributed by atoms with Crippen LogP contribution in [-0.2, 0) is 9.59 Å². The minimum Gasteiger partial charge on any atom is -0.481 e. The first kappa shape index (κ1) is 24.0. The molecule has 0 saturated carbocycles. The Labute approximate surface area is 206 Å². The van der Waals surface area contributed by atoms with Crippen molar-refractivity contribution in [1.29, 1.82) is 0 Å². The van der Waals surface area contributed by atoms with Gasteiger partial charge in [0.1, 0.15) is 5.82 Å². The lowest BCUT2D eigenvalue weighted by molar-refractivity contribution is -0.151. The molecule has 1 aliphatic rings. The predicted molar refractivity (Wildman–Crippen MR) is 134 cm³/mol. The summed E-state index contributed by atoms with van der Waals surface area (Å²) in [6.45, 7) is 5.32. The first-order valence-corrected chi connectivity index (χ1v) is 12.0. The third-order valence-corrected chi connectivity index (χ3v) is 7.29. The van der Waals surface area contributed by atoms with Gasteiger partial charge in [-0.05, 0) is 44.2 Å². The lowest BCUT2D eigenvalue weighted by atomic mass is 9.89. The number of fused-ring (bicyclic) bond motifs is 1. The van der Waals surface area contributed by atoms with Crippen LogP contribution in [0.5, 0.6) is 0 Å². The molecule has 1 saturated heterocycles. The third kappa shape index (κ3) is 5.15. The Morgan fingerprint density at radius 1 is 1.15 bits per heavy atom. The molecule has 0 bridgehead atoms. The van der Waals surface area contributed by atoms with Crippen LogP contribution in [0.25, 0.3) is 10.1 Å². The van der Waals surface area contributed by atoms with Gasteiger partial charge in [0.25, 0.3) is 5.91 Å². The summed E-state index contributed by atoms with van der Waals surface area (Å²) >= 11 is 7.59. The number of hydrogen-bond donors (Lipinski definition) is 2. The maximum atomic E-state index is 12.7. The van der Waals surface area contributed by atoms with E-state index in [0.717, 1.165) is 15.9 Å². The molecule has 1 aliphatic heterocycles. The fourth-order valence-electron chi connectivity index (χ4n) is 3.73. The normalized spacial score (nSPS) is 14.3. The van der Waals surface area contributed by atoms with Crippen molar-refractivity contribution < 1.29 is 19.5 Å². The number of carbonyl (C=O) groups is 3. The molecular weight excluding hydrogens is 476 g/mol. The number of anilines is 2. The van der Waals surface area contributed by atoms with Crippen LogP contribution in [0.2, 0.25) is 5.02 Å². The number of aromatic nitrogens is 1. The molecule has 1 aromatic carbocycles. The largest absolute Gasteiger partial charge is 0.481 e. The van der Waals surface area contributed by atoms with Crippen molar-refractivity contribution in [2.75, 3.05) is 36.4 Å². The van der Waals surface area contributed by atoms with Crippen LogP contribution in [-0.4, -0.2) is 59.0 Å². The van der Waals surface area contributed by atoms with Crippen molar-refractivity contribution in [3.8, 4) is 0 Å². The van der Waals surface area contributed by atoms with Crippen LogP contribution in [0.15, 0.2) is 42.6 Å². The van der Waals surface area contributed by atoms with Gasteiger partial charge in [-0.2, -0.15) is 0 Å². The van der Waals surface area contributed by atoms with Gasteiger partial charge < -0.3 is 20.2 Å². The summed E-state index contributed by atoms with van der Waals surface area (Å²) in [6, 6.07) is 11.0. The highest BCUT2D eigenvalue weighted by Crippen LogP contribution is 2.31. The highest BCUT2D eigenvalue weighted by Gasteiger charge is 2.33. The summed E-state index contributed by atoms with van der Waals surface area (Å²) in [6.07, 6.45) is 1.58. The molecule has 0 atom stereocenters. The molecule has 3 heterocycles. The highest BCUT2D eigenvalue weighted by atomic mass is 35.5. The molecule has 0 unspecified atom stereocenters. The van der Waals surface area contributed by atoms with E-state index in [2.05, 4.69) is 15.2 Å². The Morgan fingerprint density at radius 3 is 2.50 bits per heavy atom. The zero-order chi connectivity index (χ0) is 24.5. The van der Waals surface area contributed by atoms with Gasteiger partial charge in [0.05, 0.1) is 22.2 Å². The lowest BCUT2D eigenvalue weighted by Crippen LogP contribution is -2.50. The van der Waals surface area contributed by atoms with Gasteiger partial charge in [-0.15, -0.1) is 11.3 Å². The average molecular weight is 501 g/mol. The monoisotopic (exact) mass is 500 g/mol. The molecule has 2 amide bonds. The number of aliphatic carboxylic acids is 1. The van der Waals surface area contributed by atoms with Gasteiger partial charge in [-0.25, -0.2) is 4.98 Å². The second kappa shape index (κ2) is 9.60. The Kier molecular flexibility index (Phi) is 6.77. The molecule has 1 fully saturated rings. The number of carbonyl (C=O) groups excluding carboxylic acids is 2. The van der Waals surface area contributed by atoms with Gasteiger partial charge in [-0.3, -0.25) is 14.4 Å². The van der Waals surface area contributed by atoms with Crippen molar-refractivity contribution >= 4 is 62.3 Å². The molecule has 178 valence electrons. The van der Waals surface area contributed by atoms with E-state index in [1.54, 1.807) is 43.1 Å². The summed E-state index contributed by atoms with van der Waals surface area (Å²) in [5.74, 6) is -0.597. The van der Waals surface area contributed by atoms with E-state index in [1.807, 2.05) is 18.2 Å². The minimum absolute atomic E-state index is 0.0268. The second-order valence-electron chi connectivity index (χ2n) is 8.86. The number of nitrogens with one attached hydrogen (secondary N) is 1. The van der Waals surface area contributed by atoms with Gasteiger partial charge in [0, 0.05) is 47.7 Å². The molecule has 3 aromatic rings. The summed E-state index contributed by atoms with van der Waals surface area (Å²) < 4.78 is 0.954. The highest BCUT2D eigenvalue weighted by molar-refractivity contribution is 7.21. The molecule has 2 N–H and O–H groups in total. The van der Waals surface area contributed by atoms with Crippen LogP contribution in [0.1, 0.15) is 29.9 Å². The number of hydrogen-bond acceptors (Lipinski definition) is 6. The summed E-state index contributed by atoms with van der Waals surface area (Å²) in [5, 5.41) is 13.6. The SMILES string of the molecule is CC(C)(CC(=O)N1CCN(c2ccc(NC(=O)c3cc4c(Cl)cccc4s3)cn2)CC1)C(=O)O. The van der Waals surface area contributed by atoms with E-state index in [9.17, 15) is 19.5 Å². The maximum absolute atomic E-state index is 12.7. The standard InChI is InChI=1S/C24H25ClN4O4S/c1-24(2,23(32)33)13-21(30)29-10-8-28(9-11-29)20-7-6-15(14-26-20)27-22(31)19-12-16-17(25)4-3-5-18(16)34-19/h3-7,12,14H,8-11,13H2,1-2H3,(H,27,31)(H,32,33). The van der Waals surface area contributed by atoms with Gasteiger partial charge in [-0.1, -0.05) is 17.7 Å². The van der Waals surface area contributed by atoms with E-state index in [0.29, 0.717) is 41.8 Å². The van der Waals surface area contributed by atoms with E-state index in [1.165, 1.54) is 11.3 Å². The fourth-order valence-corrected chi connectivity index (χ4v) is 5.00. The number of amides is 2. The Morgan fingerprint density at radius 2 is 1.88 bits per heavy atom. The zero-order valence-electron chi connectivity index (χ0n) is 18.9. The number of halogens is 1. The van der Waals surface area contributed by atoms with E-state index in [-0.39, 0.29) is 18.2 Å². The molecule has 4 rings (SSSR count). The average Bonchev–Trinajstić information content (AvgIpc) is 3.25. The molecule has 0 aliphatic carbocycles. The lowest BCUT2D eigenvalue weighted by Gasteiger charge is -2.36. The van der Waals surface area contributed by atoms with Gasteiger partial charge >= 0.3 is 5.97 Å². The Hall–Kier alpha value is -3.17. The number of nitrogens with zero attached hydrogens (tertiary/aromatic N) is 3. The molecule has 0 radical (unpaired) electrons. The summed E-state index contributed by atoms with van der Waals surface area (Å²) in [7, 11) is 0. The van der Waals surface area contributed by atoms with E-state index in [4.69, 9.17) is 11.6 Å². The fraction of sp³-hybridized carbons (Fsp3) is 0.333. The number of rotatable bonds is 6. The van der Waals surface area contributed by atoms with Crippen molar-refractivity contribution in [2.45, 2.75) is 20.3 Å². The number of benzene rings is 1. The van der Waals surface area contributed by atoms with E-state index >= 15 is 0 Å². The molecule has 0 spiro atoms. The number of carboxylic acid groups (broad SMARTS) is 1. The van der Waals surface area contributed by atoms with Crippen LogP contribution < -0.4 is 10.2 Å². The Balaban J connectivity index is 1.33. The minimum atomic E-state index is -1.09. The quantitative estimate of drug-likeness (QED) is 0.521. The molecule has 10 heteroatoms. The predicted octanol–water partition coefficient (Wildman–Crippen LogP) is 4.35. The van der Waals surface area contributed by atoms with Crippen LogP contribution in [0.4, 0.5) is 11.5 Å². The first-order chi connectivity index (χ1) is 16.1. The van der Waals surface area contributed by atoms with Crippen molar-refractivity contribution in [1.82, 2.24) is 9.88 Å². The number of pyridine rings is 1. The van der Waals surface area contributed by atoms with Crippen molar-refractivity contribution in [2.24, 2.45) is 5.41 Å². The Bertz CT molecular complexity index is 1230. The zero-order valence-corrected chi connectivity index (χ0v) is 20.4. The van der Waals surface area contributed by atoms with Crippen LogP contribution in [0, 0.1) is 5.41 Å². The maximum Gasteiger partial charge on any atom is 0.309 e. The van der Waals surface area contributed by atoms with Gasteiger partial charge in [0.2, 0.25) is 5.91 Å². The molecular formula is C24H25ClN4O4S. The second-order valence-corrected chi connectivity index (χ2v) is 10.3. The molecule has 2 aromatic heterocycles. The van der Waals surface area contributed by atoms with Gasteiger partial charge in [0.15, 0.2) is 0 Å². The van der Waals surface area contributed by atoms with Crippen molar-refractivity contribution in [3.05, 3.63) is 52.5 Å². The number of thiophene rings is 1. The van der Waals surface area contributed by atoms with Crippen LogP contribution >= 0.6 is 22.9 Å². The first-order valence-electron chi connectivity index (χ1n) is 10.9. The third-order valence-electron chi connectivity index (χ3n) is 5.87. The summed E-state index contributed by atoms with van der Waals surface area (Å²) in [5.41, 5.74) is -0.500. The smallest absolute Gasteiger partial charge is 0.309 e. The topological polar surface area (TPSA) is 103 Å². The summed E-state index contributed by atoms with van der Waals surface area (Å²) in [4.78, 5) is 45.2. The molecule has 34 heavy (non-hydrogen) atoms. The van der Waals surface area contributed by atoms with Crippen molar-refractivity contribution in [3.63, 3.8) is 0 Å². The van der Waals surface area contributed by atoms with Crippen LogP contribution in [0.3, 0.4) is 0 Å². The number of piperazine rings is 1. The van der Waals surface area contributed by atoms with E-state index < -0.39 is 11.4 Å². The molecule has 8 nitrogen and oxygen atoms in total. The number of carboxylic acids is 1.